The highest BCUT2D eigenvalue weighted by atomic mass is 16.4. The number of amides is 6. The Morgan fingerprint density at radius 2 is 1.14 bits per heavy atom. The average molecular weight is 832 g/mol. The van der Waals surface area contributed by atoms with Crippen LogP contribution in [-0.4, -0.2) is 142 Å². The van der Waals surface area contributed by atoms with E-state index in [2.05, 4.69) is 36.9 Å². The molecular formula is C35H65N11O12. The van der Waals surface area contributed by atoms with Gasteiger partial charge < -0.3 is 75.3 Å². The predicted molar refractivity (Wildman–Crippen MR) is 210 cm³/mol. The number of carbonyl (C=O) groups is 8. The van der Waals surface area contributed by atoms with E-state index in [1.807, 2.05) is 0 Å². The summed E-state index contributed by atoms with van der Waals surface area (Å²) in [7, 11) is 0. The first-order valence-corrected chi connectivity index (χ1v) is 19.2. The molecule has 0 saturated carbocycles. The number of hydrogen-bond donors (Lipinski definition) is 14. The van der Waals surface area contributed by atoms with Crippen LogP contribution in [0.2, 0.25) is 0 Å². The summed E-state index contributed by atoms with van der Waals surface area (Å²) in [5.41, 5.74) is 22.1. The molecule has 0 fully saturated rings. The van der Waals surface area contributed by atoms with Crippen molar-refractivity contribution in [1.29, 1.82) is 0 Å². The minimum Gasteiger partial charge on any atom is -0.481 e. The molecule has 0 aromatic rings. The first-order chi connectivity index (χ1) is 27.1. The van der Waals surface area contributed by atoms with Crippen molar-refractivity contribution in [2.75, 3.05) is 19.7 Å². The van der Waals surface area contributed by atoms with Crippen molar-refractivity contribution < 1.29 is 58.8 Å². The molecule has 0 bridgehead atoms. The summed E-state index contributed by atoms with van der Waals surface area (Å²) >= 11 is 0. The van der Waals surface area contributed by atoms with Gasteiger partial charge in [-0.1, -0.05) is 34.1 Å². The molecule has 6 amide bonds. The van der Waals surface area contributed by atoms with Gasteiger partial charge in [0.15, 0.2) is 5.96 Å². The second-order valence-corrected chi connectivity index (χ2v) is 14.3. The van der Waals surface area contributed by atoms with Crippen molar-refractivity contribution in [1.82, 2.24) is 31.9 Å². The van der Waals surface area contributed by atoms with Gasteiger partial charge in [0.1, 0.15) is 36.3 Å². The van der Waals surface area contributed by atoms with Crippen molar-refractivity contribution in [3.05, 3.63) is 0 Å². The zero-order valence-corrected chi connectivity index (χ0v) is 33.9. The Labute approximate surface area is 337 Å². The third-order valence-corrected chi connectivity index (χ3v) is 9.07. The van der Waals surface area contributed by atoms with E-state index in [9.17, 15) is 58.8 Å². The molecule has 58 heavy (non-hydrogen) atoms. The molecule has 0 aliphatic carbocycles. The fourth-order valence-corrected chi connectivity index (χ4v) is 5.33. The number of hydrogen-bond acceptors (Lipinski definition) is 13. The lowest BCUT2D eigenvalue weighted by Gasteiger charge is -2.30. The molecule has 9 atom stereocenters. The number of aliphatic hydroxyl groups is 2. The number of carboxylic acid groups (broad SMARTS) is 2. The number of guanidine groups is 1. The smallest absolute Gasteiger partial charge is 0.326 e. The van der Waals surface area contributed by atoms with Gasteiger partial charge in [-0.3, -0.25) is 38.6 Å². The Morgan fingerprint density at radius 3 is 1.64 bits per heavy atom. The summed E-state index contributed by atoms with van der Waals surface area (Å²) in [6, 6.07) is -10.0. The third-order valence-electron chi connectivity index (χ3n) is 9.07. The van der Waals surface area contributed by atoms with Gasteiger partial charge in [0.05, 0.1) is 18.8 Å². The number of carbonyl (C=O) groups excluding carboxylic acids is 6. The van der Waals surface area contributed by atoms with Gasteiger partial charge in [-0.2, -0.15) is 0 Å². The largest absolute Gasteiger partial charge is 0.481 e. The molecule has 23 nitrogen and oxygen atoms in total. The van der Waals surface area contributed by atoms with E-state index in [0.29, 0.717) is 25.7 Å². The Kier molecular flexibility index (Phi) is 25.1. The van der Waals surface area contributed by atoms with E-state index in [1.54, 1.807) is 27.7 Å². The van der Waals surface area contributed by atoms with E-state index in [4.69, 9.17) is 22.9 Å². The molecule has 0 radical (unpaired) electrons. The van der Waals surface area contributed by atoms with Crippen LogP contribution >= 0.6 is 0 Å². The van der Waals surface area contributed by atoms with Gasteiger partial charge in [0.2, 0.25) is 35.4 Å². The summed E-state index contributed by atoms with van der Waals surface area (Å²) in [6.07, 6.45) is -1.01. The van der Waals surface area contributed by atoms with Crippen LogP contribution in [0.25, 0.3) is 0 Å². The normalized spacial score (nSPS) is 15.8. The van der Waals surface area contributed by atoms with Crippen LogP contribution in [0.3, 0.4) is 0 Å². The monoisotopic (exact) mass is 831 g/mol. The molecule has 23 heteroatoms. The predicted octanol–water partition coefficient (Wildman–Crippen LogP) is -4.57. The van der Waals surface area contributed by atoms with Crippen LogP contribution < -0.4 is 54.8 Å². The molecule has 0 aromatic carbocycles. The second-order valence-electron chi connectivity index (χ2n) is 14.3. The minimum absolute atomic E-state index is 0.0262. The lowest BCUT2D eigenvalue weighted by atomic mass is 9.96. The SMILES string of the molecule is CC[C@H](C)[C@H](NC(=O)[C@@H](NC(=O)[C@@H](N)CCCN=C(N)N)[C@@H](C)O)C(=O)N[C@@H](CCC(=O)O)C(=O)N[C@@H](CO)C(=O)N[C@@H](CCCCN)C(=O)N[C@H](C(=O)O)C(C)C. The van der Waals surface area contributed by atoms with Crippen molar-refractivity contribution in [3.8, 4) is 0 Å². The van der Waals surface area contributed by atoms with Crippen LogP contribution in [-0.2, 0) is 38.4 Å². The highest BCUT2D eigenvalue weighted by molar-refractivity contribution is 5.97. The van der Waals surface area contributed by atoms with E-state index in [-0.39, 0.29) is 31.9 Å². The molecule has 0 saturated heterocycles. The number of aliphatic imine (C=N–C) groups is 1. The van der Waals surface area contributed by atoms with E-state index < -0.39 is 127 Å². The number of rotatable bonds is 29. The van der Waals surface area contributed by atoms with Gasteiger partial charge in [-0.15, -0.1) is 0 Å². The highest BCUT2D eigenvalue weighted by Crippen LogP contribution is 2.12. The topological polar surface area (TPSA) is 406 Å². The fourth-order valence-electron chi connectivity index (χ4n) is 5.33. The van der Waals surface area contributed by atoms with Crippen LogP contribution in [0.1, 0.15) is 86.0 Å². The molecule has 0 aliphatic heterocycles. The fraction of sp³-hybridized carbons (Fsp3) is 0.743. The van der Waals surface area contributed by atoms with Crippen LogP contribution in [0, 0.1) is 11.8 Å². The highest BCUT2D eigenvalue weighted by Gasteiger charge is 2.36. The molecule has 0 heterocycles. The third kappa shape index (κ3) is 19.8. The van der Waals surface area contributed by atoms with Crippen molar-refractivity contribution in [2.45, 2.75) is 134 Å². The zero-order chi connectivity index (χ0) is 44.7. The summed E-state index contributed by atoms with van der Waals surface area (Å²) in [6.45, 7) is 7.10. The van der Waals surface area contributed by atoms with Crippen LogP contribution in [0.4, 0.5) is 0 Å². The number of nitrogens with one attached hydrogen (secondary N) is 6. The number of carboxylic acids is 2. The molecule has 18 N–H and O–H groups in total. The molecular weight excluding hydrogens is 766 g/mol. The number of aliphatic hydroxyl groups excluding tert-OH is 2. The van der Waals surface area contributed by atoms with Crippen molar-refractivity contribution in [2.24, 2.45) is 39.8 Å². The lowest BCUT2D eigenvalue weighted by Crippen LogP contribution is -2.62. The molecule has 0 aliphatic rings. The van der Waals surface area contributed by atoms with Gasteiger partial charge in [0.25, 0.3) is 0 Å². The maximum atomic E-state index is 13.7. The lowest BCUT2D eigenvalue weighted by molar-refractivity contribution is -0.143. The number of nitrogens with two attached hydrogens (primary N) is 4. The van der Waals surface area contributed by atoms with E-state index >= 15 is 0 Å². The summed E-state index contributed by atoms with van der Waals surface area (Å²) in [5.74, 6) is -9.62. The minimum atomic E-state index is -1.72. The Morgan fingerprint density at radius 1 is 0.638 bits per heavy atom. The Balaban J connectivity index is 6.16. The van der Waals surface area contributed by atoms with Crippen LogP contribution in [0.15, 0.2) is 4.99 Å². The maximum Gasteiger partial charge on any atom is 0.326 e. The van der Waals surface area contributed by atoms with Crippen molar-refractivity contribution >= 4 is 53.3 Å². The Bertz CT molecular complexity index is 1410. The molecule has 0 aromatic heterocycles. The van der Waals surface area contributed by atoms with E-state index in [0.717, 1.165) is 0 Å². The van der Waals surface area contributed by atoms with Gasteiger partial charge in [-0.05, 0) is 63.8 Å². The molecule has 332 valence electrons. The second kappa shape index (κ2) is 27.5. The zero-order valence-electron chi connectivity index (χ0n) is 33.9. The first-order valence-electron chi connectivity index (χ1n) is 19.2. The van der Waals surface area contributed by atoms with Gasteiger partial charge in [0, 0.05) is 13.0 Å². The number of nitrogens with zero attached hydrogens (tertiary/aromatic N) is 1. The van der Waals surface area contributed by atoms with Crippen molar-refractivity contribution in [3.63, 3.8) is 0 Å². The average Bonchev–Trinajstić information content (AvgIpc) is 3.15. The van der Waals surface area contributed by atoms with Gasteiger partial charge >= 0.3 is 11.9 Å². The van der Waals surface area contributed by atoms with Crippen LogP contribution in [0.5, 0.6) is 0 Å². The molecule has 0 rings (SSSR count). The number of unbranched alkanes of at least 4 members (excludes halogenated alkanes) is 1. The first kappa shape index (κ1) is 52.9. The quantitative estimate of drug-likeness (QED) is 0.0192. The van der Waals surface area contributed by atoms with E-state index in [1.165, 1.54) is 6.92 Å². The Hall–Kier alpha value is -5.13. The maximum absolute atomic E-state index is 13.7. The standard InChI is InChI=1S/C35H65N11O12/c1-6-18(4)26(45-33(56)27(19(5)48)46-28(51)20(37)10-9-15-40-35(38)39)32(55)42-22(12-13-24(49)50)29(52)43-23(16-47)31(54)41-21(11-7-8-14-36)30(53)44-25(17(2)3)34(57)58/h17-23,25-27,47-48H,6-16,36-37H2,1-5H3,(H,41,54)(H,42,55)(H,43,52)(H,44,53)(H,45,56)(H,46,51)(H,49,50)(H,57,58)(H4,38,39,40)/t18-,19+,20-,21-,22-,23-,25-,26-,27-/m0/s1. The van der Waals surface area contributed by atoms with Gasteiger partial charge in [-0.25, -0.2) is 4.79 Å². The summed E-state index contributed by atoms with van der Waals surface area (Å²) in [4.78, 5) is 107. The summed E-state index contributed by atoms with van der Waals surface area (Å²) in [5, 5.41) is 53.6. The summed E-state index contributed by atoms with van der Waals surface area (Å²) < 4.78 is 0. The molecule has 0 unspecified atom stereocenters. The molecule has 0 spiro atoms. The number of aliphatic carboxylic acids is 2.